The number of nitrogens with zero attached hydrogens (tertiary/aromatic N) is 4. The number of pyridine rings is 1. The third kappa shape index (κ3) is 4.98. The molecule has 7 nitrogen and oxygen atoms in total. The molecule has 3 heterocycles. The highest BCUT2D eigenvalue weighted by molar-refractivity contribution is 5.81. The smallest absolute Gasteiger partial charge is 0.416 e. The first-order chi connectivity index (χ1) is 16.7. The summed E-state index contributed by atoms with van der Waals surface area (Å²) >= 11 is 0. The molecular weight excluding hydrogens is 461 g/mol. The van der Waals surface area contributed by atoms with Crippen LogP contribution >= 0.6 is 0 Å². The van der Waals surface area contributed by atoms with Gasteiger partial charge in [-0.2, -0.15) is 18.3 Å². The van der Waals surface area contributed by atoms with E-state index in [1.165, 1.54) is 0 Å². The monoisotopic (exact) mass is 488 g/mol. The summed E-state index contributed by atoms with van der Waals surface area (Å²) in [5.41, 5.74) is 1.03. The maximum Gasteiger partial charge on any atom is 0.416 e. The second kappa shape index (κ2) is 9.14. The van der Waals surface area contributed by atoms with Crippen LogP contribution in [0.3, 0.4) is 0 Å². The Morgan fingerprint density at radius 3 is 2.71 bits per heavy atom. The third-order valence-electron chi connectivity index (χ3n) is 6.47. The van der Waals surface area contributed by atoms with Gasteiger partial charge in [-0.3, -0.25) is 9.48 Å². The maximum atomic E-state index is 13.4. The molecule has 1 aliphatic heterocycles. The van der Waals surface area contributed by atoms with E-state index in [-0.39, 0.29) is 24.4 Å². The van der Waals surface area contributed by atoms with Crippen LogP contribution in [0.4, 0.5) is 13.2 Å². The molecule has 0 radical (unpaired) electrons. The summed E-state index contributed by atoms with van der Waals surface area (Å²) in [4.78, 5) is 18.9. The number of rotatable bonds is 8. The van der Waals surface area contributed by atoms with E-state index in [2.05, 4.69) is 10.1 Å². The number of hydrogen-bond acceptors (Lipinski definition) is 5. The minimum atomic E-state index is -4.50. The van der Waals surface area contributed by atoms with Crippen molar-refractivity contribution in [3.05, 3.63) is 41.6 Å². The highest BCUT2D eigenvalue weighted by Crippen LogP contribution is 2.39. The minimum absolute atomic E-state index is 0.0571. The standard InChI is InChI=1S/C25H27F3N4O3/c1-3-34-14-35-21-10-18(25(26,27)28)8-15(2)23(21)20-7-4-17-13-31(30-24(17)29-20)11-16-9-22(33)32(12-16)19-5-6-19/h4,7-8,10,13,16,19H,3,5-6,9,11-12,14H2,1-2H3. The van der Waals surface area contributed by atoms with E-state index in [4.69, 9.17) is 9.47 Å². The molecule has 2 aromatic heterocycles. The zero-order chi connectivity index (χ0) is 24.7. The van der Waals surface area contributed by atoms with Crippen LogP contribution in [-0.2, 0) is 22.3 Å². The van der Waals surface area contributed by atoms with Crippen molar-refractivity contribution in [2.45, 2.75) is 51.9 Å². The number of carbonyl (C=O) groups excluding carboxylic acids is 1. The quantitative estimate of drug-likeness (QED) is 0.336. The van der Waals surface area contributed by atoms with E-state index >= 15 is 0 Å². The first-order valence-electron chi connectivity index (χ1n) is 11.8. The molecule has 3 aromatic rings. The van der Waals surface area contributed by atoms with Crippen molar-refractivity contribution in [2.24, 2.45) is 5.92 Å². The van der Waals surface area contributed by atoms with Crippen LogP contribution in [0, 0.1) is 12.8 Å². The van der Waals surface area contributed by atoms with Crippen molar-refractivity contribution in [1.29, 1.82) is 0 Å². The van der Waals surface area contributed by atoms with Crippen molar-refractivity contribution in [2.75, 3.05) is 19.9 Å². The first-order valence-corrected chi connectivity index (χ1v) is 11.8. The average Bonchev–Trinajstić information content (AvgIpc) is 3.46. The van der Waals surface area contributed by atoms with Crippen molar-refractivity contribution in [3.63, 3.8) is 0 Å². The molecule has 10 heteroatoms. The molecule has 0 bridgehead atoms. The predicted octanol–water partition coefficient (Wildman–Crippen LogP) is 4.81. The fraction of sp³-hybridized carbons (Fsp3) is 0.480. The molecule has 1 aliphatic carbocycles. The van der Waals surface area contributed by atoms with Crippen LogP contribution in [0.15, 0.2) is 30.5 Å². The van der Waals surface area contributed by atoms with Gasteiger partial charge in [0.05, 0.1) is 11.3 Å². The molecule has 1 saturated carbocycles. The molecule has 1 aromatic carbocycles. The molecule has 186 valence electrons. The summed E-state index contributed by atoms with van der Waals surface area (Å²) in [7, 11) is 0. The third-order valence-corrected chi connectivity index (χ3v) is 6.47. The zero-order valence-corrected chi connectivity index (χ0v) is 19.6. The molecule has 0 spiro atoms. The Bertz CT molecular complexity index is 1250. The Balaban J connectivity index is 1.43. The van der Waals surface area contributed by atoms with Gasteiger partial charge < -0.3 is 14.4 Å². The number of carbonyl (C=O) groups is 1. The van der Waals surface area contributed by atoms with E-state index in [1.54, 1.807) is 19.9 Å². The van der Waals surface area contributed by atoms with Crippen LogP contribution < -0.4 is 4.74 Å². The zero-order valence-electron chi connectivity index (χ0n) is 19.6. The number of aromatic nitrogens is 3. The summed E-state index contributed by atoms with van der Waals surface area (Å²) in [6.45, 7) is 4.95. The topological polar surface area (TPSA) is 69.5 Å². The van der Waals surface area contributed by atoms with E-state index in [0.29, 0.717) is 48.1 Å². The normalized spacial score (nSPS) is 18.6. The SMILES string of the molecule is CCOCOc1cc(C(F)(F)F)cc(C)c1-c1ccc2cn(CC3CC(=O)N(C4CC4)C3)nc2n1. The molecule has 1 saturated heterocycles. The number of alkyl halides is 3. The second-order valence-corrected chi connectivity index (χ2v) is 9.23. The summed E-state index contributed by atoms with van der Waals surface area (Å²) in [6, 6.07) is 6.09. The van der Waals surface area contributed by atoms with Crippen molar-refractivity contribution >= 4 is 16.9 Å². The van der Waals surface area contributed by atoms with Gasteiger partial charge >= 0.3 is 6.18 Å². The first kappa shape index (κ1) is 23.6. The summed E-state index contributed by atoms with van der Waals surface area (Å²) in [5.74, 6) is 0.473. The number of fused-ring (bicyclic) bond motifs is 1. The summed E-state index contributed by atoms with van der Waals surface area (Å²) < 4.78 is 52.8. The Kier molecular flexibility index (Phi) is 6.16. The van der Waals surface area contributed by atoms with Crippen molar-refractivity contribution in [3.8, 4) is 17.0 Å². The van der Waals surface area contributed by atoms with Gasteiger partial charge in [0, 0.05) is 55.2 Å². The largest absolute Gasteiger partial charge is 0.467 e. The summed E-state index contributed by atoms with van der Waals surface area (Å²) in [6.07, 6.45) is 0.103. The van der Waals surface area contributed by atoms with E-state index < -0.39 is 11.7 Å². The molecule has 1 unspecified atom stereocenters. The van der Waals surface area contributed by atoms with Crippen molar-refractivity contribution < 1.29 is 27.4 Å². The highest BCUT2D eigenvalue weighted by atomic mass is 19.4. The molecule has 2 aliphatic rings. The number of benzene rings is 1. The Labute approximate surface area is 200 Å². The van der Waals surface area contributed by atoms with Crippen LogP contribution in [0.2, 0.25) is 0 Å². The fourth-order valence-corrected chi connectivity index (χ4v) is 4.67. The summed E-state index contributed by atoms with van der Waals surface area (Å²) in [5, 5.41) is 5.41. The highest BCUT2D eigenvalue weighted by Gasteiger charge is 2.39. The van der Waals surface area contributed by atoms with Gasteiger partial charge in [0.2, 0.25) is 5.91 Å². The lowest BCUT2D eigenvalue weighted by Crippen LogP contribution is -2.27. The lowest BCUT2D eigenvalue weighted by atomic mass is 10.00. The number of amides is 1. The van der Waals surface area contributed by atoms with Crippen LogP contribution in [-0.4, -0.2) is 51.6 Å². The molecule has 2 fully saturated rings. The minimum Gasteiger partial charge on any atom is -0.467 e. The molecule has 1 amide bonds. The van der Waals surface area contributed by atoms with Gasteiger partial charge in [0.25, 0.3) is 0 Å². The molecular formula is C25H27F3N4O3. The molecule has 5 rings (SSSR count). The van der Waals surface area contributed by atoms with Gasteiger partial charge in [-0.15, -0.1) is 0 Å². The van der Waals surface area contributed by atoms with E-state index in [9.17, 15) is 18.0 Å². The van der Waals surface area contributed by atoms with E-state index in [0.717, 1.165) is 36.9 Å². The average molecular weight is 489 g/mol. The lowest BCUT2D eigenvalue weighted by Gasteiger charge is -2.17. The number of aryl methyl sites for hydroxylation is 1. The Morgan fingerprint density at radius 1 is 1.20 bits per heavy atom. The number of hydrogen-bond donors (Lipinski definition) is 0. The lowest BCUT2D eigenvalue weighted by molar-refractivity contribution is -0.137. The maximum absolute atomic E-state index is 13.4. The number of ether oxygens (including phenoxy) is 2. The van der Waals surface area contributed by atoms with E-state index in [1.807, 2.05) is 21.8 Å². The number of halogens is 3. The second-order valence-electron chi connectivity index (χ2n) is 9.23. The van der Waals surface area contributed by atoms with Crippen LogP contribution in [0.5, 0.6) is 5.75 Å². The Hall–Kier alpha value is -3.14. The van der Waals surface area contributed by atoms with Gasteiger partial charge in [0.15, 0.2) is 12.4 Å². The Morgan fingerprint density at radius 2 is 2.00 bits per heavy atom. The van der Waals surface area contributed by atoms with Crippen LogP contribution in [0.25, 0.3) is 22.3 Å². The predicted molar refractivity (Wildman–Crippen MR) is 123 cm³/mol. The van der Waals surface area contributed by atoms with Gasteiger partial charge in [-0.25, -0.2) is 4.98 Å². The van der Waals surface area contributed by atoms with Crippen molar-refractivity contribution in [1.82, 2.24) is 19.7 Å². The number of likely N-dealkylation sites (tertiary alicyclic amines) is 1. The molecule has 35 heavy (non-hydrogen) atoms. The van der Waals surface area contributed by atoms with Gasteiger partial charge in [-0.05, 0) is 56.5 Å². The van der Waals surface area contributed by atoms with Gasteiger partial charge in [0.1, 0.15) is 5.75 Å². The fourth-order valence-electron chi connectivity index (χ4n) is 4.67. The molecule has 0 N–H and O–H groups in total. The molecule has 1 atom stereocenters. The van der Waals surface area contributed by atoms with Crippen LogP contribution in [0.1, 0.15) is 37.3 Å². The van der Waals surface area contributed by atoms with Gasteiger partial charge in [-0.1, -0.05) is 0 Å².